The van der Waals surface area contributed by atoms with Gasteiger partial charge in [0, 0.05) is 24.3 Å². The number of carbonyl (C=O) groups is 2. The van der Waals surface area contributed by atoms with E-state index in [1.807, 2.05) is 24.3 Å². The Morgan fingerprint density at radius 1 is 1.09 bits per heavy atom. The molecule has 5 nitrogen and oxygen atoms in total. The van der Waals surface area contributed by atoms with Crippen molar-refractivity contribution < 1.29 is 9.59 Å². The molecule has 5 heteroatoms. The Morgan fingerprint density at radius 2 is 1.77 bits per heavy atom. The molecule has 2 rings (SSSR count). The molecule has 22 heavy (non-hydrogen) atoms. The van der Waals surface area contributed by atoms with Gasteiger partial charge >= 0.3 is 0 Å². The Bertz CT molecular complexity index is 508. The van der Waals surface area contributed by atoms with Gasteiger partial charge in [-0.15, -0.1) is 0 Å². The van der Waals surface area contributed by atoms with Crippen LogP contribution in [0, 0.1) is 0 Å². The maximum atomic E-state index is 12.0. The molecule has 0 aromatic heterocycles. The highest BCUT2D eigenvalue weighted by atomic mass is 16.2. The molecular formula is C17H25N3O2. The van der Waals surface area contributed by atoms with E-state index in [-0.39, 0.29) is 18.4 Å². The van der Waals surface area contributed by atoms with Crippen LogP contribution in [-0.4, -0.2) is 24.4 Å². The average Bonchev–Trinajstić information content (AvgIpc) is 2.73. The van der Waals surface area contributed by atoms with Crippen molar-refractivity contribution in [3.63, 3.8) is 0 Å². The molecular weight excluding hydrogens is 278 g/mol. The number of hydrogen-bond donors (Lipinski definition) is 3. The fourth-order valence-corrected chi connectivity index (χ4v) is 2.79. The number of carbonyl (C=O) groups excluding carboxylic acids is 2. The zero-order valence-electron chi connectivity index (χ0n) is 13.2. The van der Waals surface area contributed by atoms with Gasteiger partial charge in [-0.05, 0) is 31.0 Å². The largest absolute Gasteiger partial charge is 0.376 e. The van der Waals surface area contributed by atoms with Crippen LogP contribution in [0.15, 0.2) is 24.3 Å². The molecule has 1 aromatic carbocycles. The molecule has 1 aliphatic rings. The van der Waals surface area contributed by atoms with Gasteiger partial charge in [-0.2, -0.15) is 0 Å². The Labute approximate surface area is 131 Å². The van der Waals surface area contributed by atoms with Crippen LogP contribution in [0.5, 0.6) is 0 Å². The van der Waals surface area contributed by atoms with Gasteiger partial charge in [-0.1, -0.05) is 31.7 Å². The summed E-state index contributed by atoms with van der Waals surface area (Å²) in [6.45, 7) is 1.72. The molecule has 1 aliphatic carbocycles. The molecule has 0 radical (unpaired) electrons. The van der Waals surface area contributed by atoms with Crippen LogP contribution in [0.2, 0.25) is 0 Å². The van der Waals surface area contributed by atoms with Crippen molar-refractivity contribution in [1.29, 1.82) is 0 Å². The van der Waals surface area contributed by atoms with Gasteiger partial charge in [0.05, 0.1) is 6.54 Å². The Kier molecular flexibility index (Phi) is 6.25. The monoisotopic (exact) mass is 303 g/mol. The lowest BCUT2D eigenvalue weighted by Gasteiger charge is -2.16. The number of nitrogens with one attached hydrogen (secondary N) is 3. The van der Waals surface area contributed by atoms with Gasteiger partial charge in [-0.25, -0.2) is 0 Å². The predicted octanol–water partition coefficient (Wildman–Crippen LogP) is 2.90. The lowest BCUT2D eigenvalue weighted by atomic mass is 10.1. The van der Waals surface area contributed by atoms with Gasteiger partial charge in [0.1, 0.15) is 0 Å². The van der Waals surface area contributed by atoms with Crippen molar-refractivity contribution in [3.8, 4) is 0 Å². The van der Waals surface area contributed by atoms with E-state index in [9.17, 15) is 9.59 Å². The van der Waals surface area contributed by atoms with Crippen LogP contribution in [0.3, 0.4) is 0 Å². The van der Waals surface area contributed by atoms with Crippen LogP contribution in [0.1, 0.15) is 45.4 Å². The number of anilines is 2. The smallest absolute Gasteiger partial charge is 0.239 e. The first-order valence-corrected chi connectivity index (χ1v) is 8.04. The highest BCUT2D eigenvalue weighted by molar-refractivity contribution is 5.89. The van der Waals surface area contributed by atoms with Crippen LogP contribution in [-0.2, 0) is 9.59 Å². The van der Waals surface area contributed by atoms with Crippen molar-refractivity contribution in [2.45, 2.75) is 51.5 Å². The second-order valence-corrected chi connectivity index (χ2v) is 5.87. The van der Waals surface area contributed by atoms with E-state index < -0.39 is 0 Å². The van der Waals surface area contributed by atoms with Crippen molar-refractivity contribution >= 4 is 23.2 Å². The first-order valence-electron chi connectivity index (χ1n) is 8.04. The highest BCUT2D eigenvalue weighted by Gasteiger charge is 2.14. The summed E-state index contributed by atoms with van der Waals surface area (Å²) < 4.78 is 0. The van der Waals surface area contributed by atoms with Crippen LogP contribution >= 0.6 is 0 Å². The van der Waals surface area contributed by atoms with E-state index >= 15 is 0 Å². The molecule has 2 amide bonds. The molecule has 0 spiro atoms. The lowest BCUT2D eigenvalue weighted by Crippen LogP contribution is -2.38. The topological polar surface area (TPSA) is 70.2 Å². The maximum Gasteiger partial charge on any atom is 0.239 e. The number of hydrogen-bond acceptors (Lipinski definition) is 3. The normalized spacial score (nSPS) is 15.7. The molecule has 0 aliphatic heterocycles. The van der Waals surface area contributed by atoms with Crippen LogP contribution in [0.25, 0.3) is 0 Å². The second-order valence-electron chi connectivity index (χ2n) is 5.87. The van der Waals surface area contributed by atoms with Gasteiger partial charge in [0.25, 0.3) is 0 Å². The Balaban J connectivity index is 1.79. The highest BCUT2D eigenvalue weighted by Crippen LogP contribution is 2.17. The maximum absolute atomic E-state index is 12.0. The van der Waals surface area contributed by atoms with Gasteiger partial charge in [0.15, 0.2) is 0 Å². The molecule has 120 valence electrons. The molecule has 0 saturated heterocycles. The van der Waals surface area contributed by atoms with Crippen LogP contribution in [0.4, 0.5) is 11.4 Å². The quantitative estimate of drug-likeness (QED) is 0.733. The summed E-state index contributed by atoms with van der Waals surface area (Å²) >= 11 is 0. The molecule has 1 fully saturated rings. The zero-order valence-corrected chi connectivity index (χ0v) is 13.2. The summed E-state index contributed by atoms with van der Waals surface area (Å²) in [5, 5.41) is 8.93. The van der Waals surface area contributed by atoms with E-state index in [0.29, 0.717) is 6.04 Å². The summed E-state index contributed by atoms with van der Waals surface area (Å²) in [7, 11) is 0. The van der Waals surface area contributed by atoms with Gasteiger partial charge in [0.2, 0.25) is 11.8 Å². The van der Waals surface area contributed by atoms with Crippen molar-refractivity contribution in [2.75, 3.05) is 17.2 Å². The first kappa shape index (κ1) is 16.3. The predicted molar refractivity (Wildman–Crippen MR) is 88.9 cm³/mol. The number of amides is 2. The van der Waals surface area contributed by atoms with E-state index in [1.54, 1.807) is 0 Å². The fraction of sp³-hybridized carbons (Fsp3) is 0.529. The minimum atomic E-state index is -0.108. The summed E-state index contributed by atoms with van der Waals surface area (Å²) in [6, 6.07) is 7.68. The van der Waals surface area contributed by atoms with E-state index in [4.69, 9.17) is 0 Å². The van der Waals surface area contributed by atoms with Crippen molar-refractivity contribution in [2.24, 2.45) is 0 Å². The lowest BCUT2D eigenvalue weighted by molar-refractivity contribution is -0.120. The summed E-state index contributed by atoms with van der Waals surface area (Å²) in [4.78, 5) is 23.1. The minimum absolute atomic E-state index is 0.0248. The summed E-state index contributed by atoms with van der Waals surface area (Å²) in [5.74, 6) is -0.0833. The average molecular weight is 303 g/mol. The standard InChI is InChI=1S/C17H25N3O2/c1-13(21)19-16-10-6-9-15(11-16)18-12-17(22)20-14-7-4-2-3-5-8-14/h6,9-11,14,18H,2-5,7-8,12H2,1H3,(H,19,21)(H,20,22). The number of benzene rings is 1. The molecule has 1 saturated carbocycles. The molecule has 1 aromatic rings. The van der Waals surface area contributed by atoms with Gasteiger partial charge in [-0.3, -0.25) is 9.59 Å². The SMILES string of the molecule is CC(=O)Nc1cccc(NCC(=O)NC2CCCCCC2)c1. The minimum Gasteiger partial charge on any atom is -0.376 e. The Hall–Kier alpha value is -2.04. The first-order chi connectivity index (χ1) is 10.6. The Morgan fingerprint density at radius 3 is 2.45 bits per heavy atom. The second kappa shape index (κ2) is 8.41. The van der Waals surface area contributed by atoms with Gasteiger partial charge < -0.3 is 16.0 Å². The van der Waals surface area contributed by atoms with Crippen molar-refractivity contribution in [3.05, 3.63) is 24.3 Å². The third-order valence-corrected chi connectivity index (χ3v) is 3.86. The summed E-state index contributed by atoms with van der Waals surface area (Å²) in [6.07, 6.45) is 7.14. The third-order valence-electron chi connectivity index (χ3n) is 3.86. The van der Waals surface area contributed by atoms with Crippen LogP contribution < -0.4 is 16.0 Å². The van der Waals surface area contributed by atoms with E-state index in [2.05, 4.69) is 16.0 Å². The number of rotatable bonds is 5. The fourth-order valence-electron chi connectivity index (χ4n) is 2.79. The molecule has 0 atom stereocenters. The molecule has 3 N–H and O–H groups in total. The molecule has 0 heterocycles. The third kappa shape index (κ3) is 5.76. The van der Waals surface area contributed by atoms with E-state index in [0.717, 1.165) is 24.2 Å². The van der Waals surface area contributed by atoms with Crippen molar-refractivity contribution in [1.82, 2.24) is 5.32 Å². The molecule has 0 unspecified atom stereocenters. The van der Waals surface area contributed by atoms with E-state index in [1.165, 1.54) is 32.6 Å². The summed E-state index contributed by atoms with van der Waals surface area (Å²) in [5.41, 5.74) is 1.55. The zero-order chi connectivity index (χ0) is 15.8. The molecule has 0 bridgehead atoms.